The monoisotopic (exact) mass is 234 g/mol. The van der Waals surface area contributed by atoms with Crippen molar-refractivity contribution in [1.29, 1.82) is 0 Å². The third-order valence-corrected chi connectivity index (χ3v) is 3.32. The van der Waals surface area contributed by atoms with E-state index >= 15 is 0 Å². The number of nitrogens with two attached hydrogens (primary N) is 1. The Balaban J connectivity index is 1.70. The molecule has 0 unspecified atom stereocenters. The molecular weight excluding hydrogens is 212 g/mol. The van der Waals surface area contributed by atoms with E-state index in [0.717, 1.165) is 24.5 Å². The summed E-state index contributed by atoms with van der Waals surface area (Å²) in [6, 6.07) is 5.94. The fourth-order valence-electron chi connectivity index (χ4n) is 2.35. The molecule has 1 aromatic rings. The van der Waals surface area contributed by atoms with Crippen molar-refractivity contribution in [2.24, 2.45) is 0 Å². The van der Waals surface area contributed by atoms with Crippen LogP contribution in [0.3, 0.4) is 0 Å². The van der Waals surface area contributed by atoms with Gasteiger partial charge < -0.3 is 15.8 Å². The number of benzene rings is 1. The second kappa shape index (κ2) is 5.92. The Labute approximate surface area is 103 Å². The van der Waals surface area contributed by atoms with Gasteiger partial charge in [-0.15, -0.1) is 0 Å². The summed E-state index contributed by atoms with van der Waals surface area (Å²) in [6.07, 6.45) is 5.64. The summed E-state index contributed by atoms with van der Waals surface area (Å²) < 4.78 is 5.80. The number of nitrogen functional groups attached to an aromatic ring is 1. The van der Waals surface area contributed by atoms with Crippen LogP contribution in [0.4, 0.5) is 11.4 Å². The Morgan fingerprint density at radius 1 is 1.35 bits per heavy atom. The lowest BCUT2D eigenvalue weighted by molar-refractivity contribution is 0.0659. The fourth-order valence-corrected chi connectivity index (χ4v) is 2.35. The molecule has 2 rings (SSSR count). The molecule has 0 amide bonds. The van der Waals surface area contributed by atoms with Crippen molar-refractivity contribution in [3.05, 3.63) is 23.8 Å². The van der Waals surface area contributed by atoms with Crippen molar-refractivity contribution in [1.82, 2.24) is 0 Å². The van der Waals surface area contributed by atoms with Crippen molar-refractivity contribution in [3.63, 3.8) is 0 Å². The van der Waals surface area contributed by atoms with E-state index in [4.69, 9.17) is 10.5 Å². The van der Waals surface area contributed by atoms with Crippen molar-refractivity contribution in [2.75, 3.05) is 24.2 Å². The van der Waals surface area contributed by atoms with Crippen molar-refractivity contribution < 1.29 is 4.74 Å². The maximum atomic E-state index is 5.80. The molecule has 0 aliphatic heterocycles. The van der Waals surface area contributed by atoms with E-state index in [-0.39, 0.29) is 0 Å². The molecule has 17 heavy (non-hydrogen) atoms. The second-order valence-corrected chi connectivity index (χ2v) is 4.78. The number of aryl methyl sites for hydroxylation is 1. The van der Waals surface area contributed by atoms with E-state index < -0.39 is 0 Å². The van der Waals surface area contributed by atoms with Crippen molar-refractivity contribution in [2.45, 2.75) is 38.7 Å². The summed E-state index contributed by atoms with van der Waals surface area (Å²) in [5, 5.41) is 3.38. The zero-order valence-electron chi connectivity index (χ0n) is 10.5. The first-order valence-electron chi connectivity index (χ1n) is 6.47. The van der Waals surface area contributed by atoms with Gasteiger partial charge in [-0.1, -0.05) is 12.8 Å². The first kappa shape index (κ1) is 12.2. The molecule has 94 valence electrons. The smallest absolute Gasteiger partial charge is 0.0642 e. The number of ether oxygens (including phenoxy) is 1. The molecule has 0 aromatic heterocycles. The molecule has 0 radical (unpaired) electrons. The van der Waals surface area contributed by atoms with Gasteiger partial charge in [-0.25, -0.2) is 0 Å². The third kappa shape index (κ3) is 3.63. The molecule has 1 aromatic carbocycles. The van der Waals surface area contributed by atoms with Crippen LogP contribution >= 0.6 is 0 Å². The molecular formula is C14H22N2O. The number of hydrogen-bond acceptors (Lipinski definition) is 3. The lowest BCUT2D eigenvalue weighted by atomic mass is 10.2. The SMILES string of the molecule is Cc1cc(N)ccc1NCCOC1CCCC1. The highest BCUT2D eigenvalue weighted by atomic mass is 16.5. The summed E-state index contributed by atoms with van der Waals surface area (Å²) in [5.41, 5.74) is 8.86. The Morgan fingerprint density at radius 3 is 2.82 bits per heavy atom. The van der Waals surface area contributed by atoms with Crippen LogP contribution in [0, 0.1) is 6.92 Å². The van der Waals surface area contributed by atoms with Gasteiger partial charge in [0.2, 0.25) is 0 Å². The highest BCUT2D eigenvalue weighted by Gasteiger charge is 2.14. The highest BCUT2D eigenvalue weighted by molar-refractivity contribution is 5.57. The molecule has 1 fully saturated rings. The van der Waals surface area contributed by atoms with Gasteiger partial charge >= 0.3 is 0 Å². The Kier molecular flexibility index (Phi) is 4.26. The van der Waals surface area contributed by atoms with Gasteiger partial charge in [0.05, 0.1) is 12.7 Å². The molecule has 0 saturated heterocycles. The standard InChI is InChI=1S/C14H22N2O/c1-11-10-12(15)6-7-14(11)16-8-9-17-13-4-2-3-5-13/h6-7,10,13,16H,2-5,8-9,15H2,1H3. The van der Waals surface area contributed by atoms with Crippen LogP contribution in [0.25, 0.3) is 0 Å². The maximum Gasteiger partial charge on any atom is 0.0642 e. The zero-order valence-corrected chi connectivity index (χ0v) is 10.5. The van der Waals surface area contributed by atoms with Crippen LogP contribution in [0.2, 0.25) is 0 Å². The average molecular weight is 234 g/mol. The quantitative estimate of drug-likeness (QED) is 0.608. The molecule has 1 saturated carbocycles. The van der Waals surface area contributed by atoms with E-state index in [1.807, 2.05) is 18.2 Å². The predicted molar refractivity (Wildman–Crippen MR) is 72.3 cm³/mol. The van der Waals surface area contributed by atoms with E-state index in [0.29, 0.717) is 6.10 Å². The molecule has 0 spiro atoms. The van der Waals surface area contributed by atoms with Gasteiger partial charge in [0.1, 0.15) is 0 Å². The van der Waals surface area contributed by atoms with Gasteiger partial charge in [-0.05, 0) is 43.5 Å². The van der Waals surface area contributed by atoms with E-state index in [2.05, 4.69) is 12.2 Å². The van der Waals surface area contributed by atoms with Gasteiger partial charge in [0.25, 0.3) is 0 Å². The highest BCUT2D eigenvalue weighted by Crippen LogP contribution is 2.21. The fraction of sp³-hybridized carbons (Fsp3) is 0.571. The predicted octanol–water partition coefficient (Wildman–Crippen LogP) is 2.95. The molecule has 3 N–H and O–H groups in total. The van der Waals surface area contributed by atoms with Gasteiger partial charge in [0, 0.05) is 17.9 Å². The van der Waals surface area contributed by atoms with Crippen LogP contribution in [0.1, 0.15) is 31.2 Å². The number of hydrogen-bond donors (Lipinski definition) is 2. The van der Waals surface area contributed by atoms with Gasteiger partial charge in [0.15, 0.2) is 0 Å². The van der Waals surface area contributed by atoms with Crippen LogP contribution in [-0.4, -0.2) is 19.3 Å². The number of nitrogens with one attached hydrogen (secondary N) is 1. The summed E-state index contributed by atoms with van der Waals surface area (Å²) >= 11 is 0. The minimum absolute atomic E-state index is 0.504. The molecule has 1 aliphatic rings. The first-order chi connectivity index (χ1) is 8.25. The normalized spacial score (nSPS) is 16.3. The Hall–Kier alpha value is -1.22. The second-order valence-electron chi connectivity index (χ2n) is 4.78. The molecule has 0 heterocycles. The maximum absolute atomic E-state index is 5.80. The van der Waals surface area contributed by atoms with Crippen LogP contribution < -0.4 is 11.1 Å². The number of rotatable bonds is 5. The largest absolute Gasteiger partial charge is 0.399 e. The molecule has 0 bridgehead atoms. The van der Waals surface area contributed by atoms with E-state index in [9.17, 15) is 0 Å². The van der Waals surface area contributed by atoms with E-state index in [1.165, 1.54) is 31.2 Å². The van der Waals surface area contributed by atoms with Gasteiger partial charge in [-0.2, -0.15) is 0 Å². The summed E-state index contributed by atoms with van der Waals surface area (Å²) in [6.45, 7) is 3.71. The minimum Gasteiger partial charge on any atom is -0.399 e. The van der Waals surface area contributed by atoms with Crippen molar-refractivity contribution >= 4 is 11.4 Å². The van der Waals surface area contributed by atoms with Crippen molar-refractivity contribution in [3.8, 4) is 0 Å². The Bertz CT molecular complexity index is 359. The summed E-state index contributed by atoms with van der Waals surface area (Å²) in [4.78, 5) is 0. The molecule has 0 atom stereocenters. The lowest BCUT2D eigenvalue weighted by Crippen LogP contribution is -2.15. The Morgan fingerprint density at radius 2 is 2.12 bits per heavy atom. The number of anilines is 2. The topological polar surface area (TPSA) is 47.3 Å². The summed E-state index contributed by atoms with van der Waals surface area (Å²) in [5.74, 6) is 0. The zero-order chi connectivity index (χ0) is 12.1. The van der Waals surface area contributed by atoms with Crippen LogP contribution in [0.15, 0.2) is 18.2 Å². The molecule has 3 nitrogen and oxygen atoms in total. The lowest BCUT2D eigenvalue weighted by Gasteiger charge is -2.13. The van der Waals surface area contributed by atoms with E-state index in [1.54, 1.807) is 0 Å². The van der Waals surface area contributed by atoms with Crippen LogP contribution in [0.5, 0.6) is 0 Å². The summed E-state index contributed by atoms with van der Waals surface area (Å²) in [7, 11) is 0. The minimum atomic E-state index is 0.504. The molecule has 3 heteroatoms. The first-order valence-corrected chi connectivity index (χ1v) is 6.47. The van der Waals surface area contributed by atoms with Gasteiger partial charge in [-0.3, -0.25) is 0 Å². The average Bonchev–Trinajstić information content (AvgIpc) is 2.79. The third-order valence-electron chi connectivity index (χ3n) is 3.32. The van der Waals surface area contributed by atoms with Crippen LogP contribution in [-0.2, 0) is 4.74 Å². The molecule has 1 aliphatic carbocycles.